The van der Waals surface area contributed by atoms with Gasteiger partial charge in [-0.2, -0.15) is 4.31 Å². The van der Waals surface area contributed by atoms with Gasteiger partial charge in [0.1, 0.15) is 6.04 Å². The molecule has 0 aliphatic carbocycles. The summed E-state index contributed by atoms with van der Waals surface area (Å²) < 4.78 is 27.1. The number of nitrogens with zero attached hydrogens (tertiary/aromatic N) is 2. The lowest BCUT2D eigenvalue weighted by molar-refractivity contribution is -0.142. The van der Waals surface area contributed by atoms with Gasteiger partial charge in [-0.05, 0) is 63.9 Å². The molecule has 0 bridgehead atoms. The zero-order valence-electron chi connectivity index (χ0n) is 20.9. The van der Waals surface area contributed by atoms with Crippen LogP contribution in [0.4, 0.5) is 0 Å². The molecule has 0 fully saturated rings. The van der Waals surface area contributed by atoms with E-state index in [4.69, 9.17) is 23.2 Å². The Morgan fingerprint density at radius 1 is 1.06 bits per heavy atom. The number of hydrogen-bond acceptors (Lipinski definition) is 4. The summed E-state index contributed by atoms with van der Waals surface area (Å²) in [6.07, 6.45) is 0.327. The molecule has 0 saturated carbocycles. The largest absolute Gasteiger partial charge is 0.350 e. The second-order valence-corrected chi connectivity index (χ2v) is 12.4. The summed E-state index contributed by atoms with van der Waals surface area (Å²) in [5.41, 5.74) is 1.00. The quantitative estimate of drug-likeness (QED) is 0.500. The maximum absolute atomic E-state index is 13.5. The van der Waals surface area contributed by atoms with Crippen LogP contribution in [-0.4, -0.2) is 54.6 Å². The number of carbonyl (C=O) groups excluding carboxylic acids is 2. The van der Waals surface area contributed by atoms with Crippen LogP contribution in [0, 0.1) is 6.92 Å². The number of benzene rings is 2. The van der Waals surface area contributed by atoms with Crippen molar-refractivity contribution in [3.63, 3.8) is 0 Å². The van der Waals surface area contributed by atoms with Crippen molar-refractivity contribution < 1.29 is 18.0 Å². The molecule has 0 spiro atoms. The second kappa shape index (κ2) is 11.7. The molecule has 1 atom stereocenters. The van der Waals surface area contributed by atoms with E-state index in [1.165, 1.54) is 24.1 Å². The van der Waals surface area contributed by atoms with E-state index < -0.39 is 34.1 Å². The van der Waals surface area contributed by atoms with Gasteiger partial charge in [-0.1, -0.05) is 53.9 Å². The minimum Gasteiger partial charge on any atom is -0.350 e. The highest BCUT2D eigenvalue weighted by molar-refractivity contribution is 7.89. The Morgan fingerprint density at radius 3 is 2.17 bits per heavy atom. The molecule has 2 amide bonds. The summed E-state index contributed by atoms with van der Waals surface area (Å²) in [6.45, 7) is 8.77. The highest BCUT2D eigenvalue weighted by Crippen LogP contribution is 2.24. The van der Waals surface area contributed by atoms with Crippen LogP contribution in [0.1, 0.15) is 45.2 Å². The number of aryl methyl sites for hydroxylation is 1. The van der Waals surface area contributed by atoms with Gasteiger partial charge in [0.05, 0.1) is 11.4 Å². The standard InChI is InChI=1S/C25H33Cl2N3O4S/c1-7-22(24(32)28-25(3,4)5)30(15-18-10-11-19(26)14-21(18)27)23(31)16-29(6)35(33,34)20-12-8-17(2)9-13-20/h8-14,22H,7,15-16H2,1-6H3,(H,28,32). The van der Waals surface area contributed by atoms with Gasteiger partial charge in [0.25, 0.3) is 0 Å². The zero-order chi connectivity index (χ0) is 26.6. The second-order valence-electron chi connectivity index (χ2n) is 9.49. The number of sulfonamides is 1. The average molecular weight is 543 g/mol. The molecular weight excluding hydrogens is 509 g/mol. The summed E-state index contributed by atoms with van der Waals surface area (Å²) in [4.78, 5) is 28.1. The Morgan fingerprint density at radius 2 is 1.66 bits per heavy atom. The number of carbonyl (C=O) groups is 2. The van der Waals surface area contributed by atoms with Crippen LogP contribution in [0.3, 0.4) is 0 Å². The molecular formula is C25H33Cl2N3O4S. The van der Waals surface area contributed by atoms with Crippen LogP contribution in [0.15, 0.2) is 47.4 Å². The van der Waals surface area contributed by atoms with Crippen molar-refractivity contribution in [2.24, 2.45) is 0 Å². The third kappa shape index (κ3) is 7.93. The normalized spacial score (nSPS) is 12.9. The molecule has 2 rings (SSSR count). The molecule has 35 heavy (non-hydrogen) atoms. The monoisotopic (exact) mass is 541 g/mol. The fourth-order valence-electron chi connectivity index (χ4n) is 3.46. The van der Waals surface area contributed by atoms with E-state index in [1.807, 2.05) is 27.7 Å². The highest BCUT2D eigenvalue weighted by Gasteiger charge is 2.33. The van der Waals surface area contributed by atoms with Crippen molar-refractivity contribution in [1.82, 2.24) is 14.5 Å². The smallest absolute Gasteiger partial charge is 0.243 e. The Balaban J connectivity index is 2.39. The Labute approximate surface area is 218 Å². The predicted octanol–water partition coefficient (Wildman–Crippen LogP) is 4.64. The summed E-state index contributed by atoms with van der Waals surface area (Å²) in [5.74, 6) is -0.854. The maximum Gasteiger partial charge on any atom is 0.243 e. The predicted molar refractivity (Wildman–Crippen MR) is 140 cm³/mol. The van der Waals surface area contributed by atoms with Gasteiger partial charge in [0.15, 0.2) is 0 Å². The molecule has 0 aliphatic heterocycles. The molecule has 0 aliphatic rings. The molecule has 0 saturated heterocycles. The van der Waals surface area contributed by atoms with Gasteiger partial charge in [-0.15, -0.1) is 0 Å². The summed E-state index contributed by atoms with van der Waals surface area (Å²) >= 11 is 12.4. The van der Waals surface area contributed by atoms with E-state index in [9.17, 15) is 18.0 Å². The van der Waals surface area contributed by atoms with E-state index in [2.05, 4.69) is 5.32 Å². The van der Waals surface area contributed by atoms with E-state index in [-0.39, 0.29) is 17.3 Å². The van der Waals surface area contributed by atoms with Crippen molar-refractivity contribution >= 4 is 45.0 Å². The van der Waals surface area contributed by atoms with Crippen molar-refractivity contribution in [1.29, 1.82) is 0 Å². The first-order chi connectivity index (χ1) is 16.2. The molecule has 192 valence electrons. The minimum atomic E-state index is -3.91. The minimum absolute atomic E-state index is 0.0172. The lowest BCUT2D eigenvalue weighted by Crippen LogP contribution is -2.55. The van der Waals surface area contributed by atoms with Gasteiger partial charge in [0.2, 0.25) is 21.8 Å². The summed E-state index contributed by atoms with van der Waals surface area (Å²) in [7, 11) is -2.57. The molecule has 2 aromatic carbocycles. The SMILES string of the molecule is CCC(C(=O)NC(C)(C)C)N(Cc1ccc(Cl)cc1Cl)C(=O)CN(C)S(=O)(=O)c1ccc(C)cc1. The van der Waals surface area contributed by atoms with E-state index >= 15 is 0 Å². The van der Waals surface area contributed by atoms with Crippen molar-refractivity contribution in [3.8, 4) is 0 Å². The van der Waals surface area contributed by atoms with Gasteiger partial charge in [0, 0.05) is 29.2 Å². The fourth-order valence-corrected chi connectivity index (χ4v) is 5.05. The number of halogens is 2. The number of rotatable bonds is 9. The van der Waals surface area contributed by atoms with E-state index in [0.29, 0.717) is 22.0 Å². The number of amides is 2. The van der Waals surface area contributed by atoms with Crippen molar-refractivity contribution in [2.75, 3.05) is 13.6 Å². The average Bonchev–Trinajstić information content (AvgIpc) is 2.74. The number of hydrogen-bond donors (Lipinski definition) is 1. The van der Waals surface area contributed by atoms with Gasteiger partial charge in [-0.25, -0.2) is 8.42 Å². The molecule has 10 heteroatoms. The van der Waals surface area contributed by atoms with E-state index in [0.717, 1.165) is 9.87 Å². The summed E-state index contributed by atoms with van der Waals surface area (Å²) in [5, 5.41) is 3.70. The van der Waals surface area contributed by atoms with Crippen LogP contribution in [0.5, 0.6) is 0 Å². The van der Waals surface area contributed by atoms with Crippen LogP contribution >= 0.6 is 23.2 Å². The first-order valence-electron chi connectivity index (χ1n) is 11.2. The Hall–Kier alpha value is -2.13. The van der Waals surface area contributed by atoms with Crippen LogP contribution in [-0.2, 0) is 26.2 Å². The Kier molecular flexibility index (Phi) is 9.76. The van der Waals surface area contributed by atoms with Gasteiger partial charge in [-0.3, -0.25) is 9.59 Å². The third-order valence-electron chi connectivity index (χ3n) is 5.33. The van der Waals surface area contributed by atoms with E-state index in [1.54, 1.807) is 37.3 Å². The molecule has 0 heterocycles. The zero-order valence-corrected chi connectivity index (χ0v) is 23.3. The topological polar surface area (TPSA) is 86.8 Å². The van der Waals surface area contributed by atoms with Crippen molar-refractivity contribution in [3.05, 3.63) is 63.6 Å². The molecule has 1 N–H and O–H groups in total. The van der Waals surface area contributed by atoms with Gasteiger partial charge < -0.3 is 10.2 Å². The number of likely N-dealkylation sites (N-methyl/N-ethyl adjacent to an activating group) is 1. The lowest BCUT2D eigenvalue weighted by Gasteiger charge is -2.34. The van der Waals surface area contributed by atoms with Crippen LogP contribution < -0.4 is 5.32 Å². The maximum atomic E-state index is 13.5. The third-order valence-corrected chi connectivity index (χ3v) is 7.73. The van der Waals surface area contributed by atoms with Crippen molar-refractivity contribution in [2.45, 2.75) is 64.1 Å². The molecule has 0 aromatic heterocycles. The Bertz CT molecular complexity index is 1160. The lowest BCUT2D eigenvalue weighted by atomic mass is 10.1. The first kappa shape index (κ1) is 29.1. The first-order valence-corrected chi connectivity index (χ1v) is 13.4. The molecule has 2 aromatic rings. The summed E-state index contributed by atoms with van der Waals surface area (Å²) in [6, 6.07) is 10.5. The molecule has 1 unspecified atom stereocenters. The van der Waals surface area contributed by atoms with Gasteiger partial charge >= 0.3 is 0 Å². The molecule has 0 radical (unpaired) electrons. The van der Waals surface area contributed by atoms with Crippen LogP contribution in [0.25, 0.3) is 0 Å². The number of nitrogens with one attached hydrogen (secondary N) is 1. The van der Waals surface area contributed by atoms with Crippen LogP contribution in [0.2, 0.25) is 10.0 Å². The fraction of sp³-hybridized carbons (Fsp3) is 0.440. The highest BCUT2D eigenvalue weighted by atomic mass is 35.5. The molecule has 7 nitrogen and oxygen atoms in total.